The quantitative estimate of drug-likeness (QED) is 0.372. The first-order valence-electron chi connectivity index (χ1n) is 11.7. The van der Waals surface area contributed by atoms with Gasteiger partial charge in [0.2, 0.25) is 5.91 Å². The zero-order chi connectivity index (χ0) is 25.3. The van der Waals surface area contributed by atoms with Crippen molar-refractivity contribution in [2.24, 2.45) is 10.9 Å². The molecule has 1 aromatic heterocycles. The summed E-state index contributed by atoms with van der Waals surface area (Å²) in [7, 11) is 0. The lowest BCUT2D eigenvalue weighted by Crippen LogP contribution is -2.59. The lowest BCUT2D eigenvalue weighted by molar-refractivity contribution is -0.140. The Morgan fingerprint density at radius 3 is 2.43 bits per heavy atom. The van der Waals surface area contributed by atoms with Crippen molar-refractivity contribution in [3.05, 3.63) is 10.8 Å². The first-order valence-corrected chi connectivity index (χ1v) is 13.6. The third-order valence-corrected chi connectivity index (χ3v) is 8.37. The van der Waals surface area contributed by atoms with Crippen LogP contribution >= 0.6 is 11.6 Å². The van der Waals surface area contributed by atoms with Crippen molar-refractivity contribution in [1.82, 2.24) is 30.4 Å². The van der Waals surface area contributed by atoms with Gasteiger partial charge in [-0.1, -0.05) is 36.6 Å². The smallest absolute Gasteiger partial charge is 0.302 e. The van der Waals surface area contributed by atoms with Crippen LogP contribution in [0.15, 0.2) is 4.99 Å². The molecule has 0 saturated carbocycles. The van der Waals surface area contributed by atoms with Crippen LogP contribution in [-0.4, -0.2) is 97.9 Å². The minimum atomic E-state index is -0.782. The van der Waals surface area contributed by atoms with Crippen LogP contribution in [0.25, 0.3) is 0 Å². The van der Waals surface area contributed by atoms with E-state index in [0.717, 1.165) is 0 Å². The summed E-state index contributed by atoms with van der Waals surface area (Å²) in [4.78, 5) is 41.9. The maximum atomic E-state index is 13.4. The molecule has 4 rings (SSSR count). The van der Waals surface area contributed by atoms with Gasteiger partial charge in [0.15, 0.2) is 28.4 Å². The first kappa shape index (κ1) is 25.7. The second-order valence-corrected chi connectivity index (χ2v) is 11.6. The zero-order valence-electron chi connectivity index (χ0n) is 19.9. The van der Waals surface area contributed by atoms with E-state index >= 15 is 0 Å². The fourth-order valence-corrected chi connectivity index (χ4v) is 6.06. The normalized spacial score (nSPS) is 22.9. The summed E-state index contributed by atoms with van der Waals surface area (Å²) in [5.41, 5.74) is 10.8. The molecule has 0 radical (unpaired) electrons. The molecule has 192 valence electrons. The van der Waals surface area contributed by atoms with Gasteiger partial charge in [-0.25, -0.2) is 9.97 Å². The van der Waals surface area contributed by atoms with Crippen molar-refractivity contribution < 1.29 is 14.1 Å². The van der Waals surface area contributed by atoms with Crippen molar-refractivity contribution >= 4 is 52.2 Å². The molecule has 0 bridgehead atoms. The number of piperidine rings is 1. The molecule has 1 unspecified atom stereocenters. The molecule has 0 aliphatic carbocycles. The Kier molecular flexibility index (Phi) is 7.60. The lowest BCUT2D eigenvalue weighted by Gasteiger charge is -2.43. The van der Waals surface area contributed by atoms with Crippen LogP contribution in [0.4, 0.5) is 11.6 Å². The largest absolute Gasteiger partial charge is 0.616 e. The number of hydrogen-bond donors (Lipinski definition) is 4. The van der Waals surface area contributed by atoms with Gasteiger partial charge in [-0.3, -0.25) is 14.5 Å². The number of guanidine groups is 1. The van der Waals surface area contributed by atoms with Crippen LogP contribution in [0.1, 0.15) is 37.2 Å². The number of carbonyl (C=O) groups excluding carboxylic acids is 2. The average molecular weight is 526 g/mol. The monoisotopic (exact) mass is 525 g/mol. The number of aliphatic imine (C=N–C) groups is 1. The van der Waals surface area contributed by atoms with Crippen LogP contribution < -0.4 is 22.1 Å². The number of nitrogens with one attached hydrogen (secondary N) is 2. The standard InChI is InChI=1S/C21H32ClN9O3S/c1-12(2)14(30-7-9-35(34)10-8-30)19(33)31-5-3-21(4-6-31)11-25-20(29-21)28-18(32)13-16(23)27-17(24)15(22)26-13/h12,14H,3-11H2,1-2H3,(H4,23,24,27)(H2,25,28,29,32). The highest BCUT2D eigenvalue weighted by Gasteiger charge is 2.43. The van der Waals surface area contributed by atoms with Gasteiger partial charge >= 0.3 is 5.91 Å². The molecule has 0 aromatic carbocycles. The number of amides is 2. The number of hydrogen-bond acceptors (Lipinski definition) is 8. The number of likely N-dealkylation sites (tertiary alicyclic amines) is 1. The third-order valence-electron chi connectivity index (χ3n) is 6.82. The maximum absolute atomic E-state index is 13.4. The SMILES string of the molecule is CC(C)C(C(=O)N1CCC2(CC1)CN/C(=N\C(=O)c1nc(Cl)c(N)nc1N)N2)N1CC[S+]([O-])CC1. The van der Waals surface area contributed by atoms with Crippen LogP contribution in [-0.2, 0) is 16.0 Å². The molecule has 4 heterocycles. The lowest BCUT2D eigenvalue weighted by atomic mass is 9.87. The summed E-state index contributed by atoms with van der Waals surface area (Å²) in [6.07, 6.45) is 1.42. The molecule has 1 atom stereocenters. The van der Waals surface area contributed by atoms with E-state index in [9.17, 15) is 14.1 Å². The van der Waals surface area contributed by atoms with E-state index in [2.05, 4.69) is 44.3 Å². The summed E-state index contributed by atoms with van der Waals surface area (Å²) in [5.74, 6) is 0.987. The van der Waals surface area contributed by atoms with E-state index in [1.807, 2.05) is 4.90 Å². The fraction of sp³-hybridized carbons (Fsp3) is 0.667. The van der Waals surface area contributed by atoms with E-state index in [4.69, 9.17) is 23.1 Å². The molecular weight excluding hydrogens is 494 g/mol. The molecule has 3 saturated heterocycles. The molecule has 12 nitrogen and oxygen atoms in total. The van der Waals surface area contributed by atoms with Gasteiger partial charge in [0.05, 0.1) is 11.6 Å². The number of nitrogen functional groups attached to an aromatic ring is 2. The molecule has 3 aliphatic rings. The summed E-state index contributed by atoms with van der Waals surface area (Å²) < 4.78 is 11.8. The van der Waals surface area contributed by atoms with Gasteiger partial charge < -0.3 is 31.6 Å². The Balaban J connectivity index is 1.37. The Morgan fingerprint density at radius 2 is 1.80 bits per heavy atom. The van der Waals surface area contributed by atoms with E-state index < -0.39 is 17.1 Å². The topological polar surface area (TPSA) is 178 Å². The summed E-state index contributed by atoms with van der Waals surface area (Å²) in [6.45, 7) is 7.28. The highest BCUT2D eigenvalue weighted by Crippen LogP contribution is 2.27. The number of anilines is 2. The predicted octanol–water partition coefficient (Wildman–Crippen LogP) is -0.566. The van der Waals surface area contributed by atoms with Crippen molar-refractivity contribution in [2.75, 3.05) is 55.7 Å². The number of aromatic nitrogens is 2. The Morgan fingerprint density at radius 1 is 1.14 bits per heavy atom. The molecule has 6 N–H and O–H groups in total. The maximum Gasteiger partial charge on any atom is 0.302 e. The molecule has 35 heavy (non-hydrogen) atoms. The van der Waals surface area contributed by atoms with E-state index in [1.54, 1.807) is 0 Å². The third kappa shape index (κ3) is 5.57. The Hall–Kier alpha value is -2.35. The highest BCUT2D eigenvalue weighted by atomic mass is 35.5. The fourth-order valence-electron chi connectivity index (χ4n) is 4.85. The Bertz CT molecular complexity index is 1010. The summed E-state index contributed by atoms with van der Waals surface area (Å²) in [6, 6.07) is -0.205. The molecule has 3 aliphatic heterocycles. The number of halogens is 1. The second-order valence-electron chi connectivity index (χ2n) is 9.56. The highest BCUT2D eigenvalue weighted by molar-refractivity contribution is 7.91. The first-order chi connectivity index (χ1) is 16.6. The number of rotatable bonds is 4. The second kappa shape index (κ2) is 10.3. The van der Waals surface area contributed by atoms with E-state index in [1.165, 1.54) is 0 Å². The van der Waals surface area contributed by atoms with Gasteiger partial charge in [-0.05, 0) is 18.8 Å². The van der Waals surface area contributed by atoms with E-state index in [0.29, 0.717) is 63.0 Å². The van der Waals surface area contributed by atoms with Gasteiger partial charge in [-0.15, -0.1) is 0 Å². The van der Waals surface area contributed by atoms with Crippen LogP contribution in [0.2, 0.25) is 5.15 Å². The van der Waals surface area contributed by atoms with Crippen molar-refractivity contribution in [2.45, 2.75) is 38.3 Å². The van der Waals surface area contributed by atoms with E-state index in [-0.39, 0.29) is 45.9 Å². The van der Waals surface area contributed by atoms with Gasteiger partial charge in [0.1, 0.15) is 11.5 Å². The van der Waals surface area contributed by atoms with Crippen LogP contribution in [0.5, 0.6) is 0 Å². The minimum absolute atomic E-state index is 0.0549. The molecule has 14 heteroatoms. The average Bonchev–Trinajstić information content (AvgIpc) is 3.19. The number of carbonyl (C=O) groups is 2. The van der Waals surface area contributed by atoms with Gasteiger partial charge in [0, 0.05) is 32.7 Å². The minimum Gasteiger partial charge on any atom is -0.616 e. The Labute approximate surface area is 212 Å². The van der Waals surface area contributed by atoms with Gasteiger partial charge in [0.25, 0.3) is 0 Å². The zero-order valence-corrected chi connectivity index (χ0v) is 21.5. The number of nitrogens with zero attached hydrogens (tertiary/aromatic N) is 5. The summed E-state index contributed by atoms with van der Waals surface area (Å²) in [5, 5.41) is 6.35. The number of nitrogens with two attached hydrogens (primary N) is 2. The summed E-state index contributed by atoms with van der Waals surface area (Å²) >= 11 is 5.08. The molecule has 2 amide bonds. The molecular formula is C21H32ClN9O3S. The van der Waals surface area contributed by atoms with Crippen molar-refractivity contribution in [1.29, 1.82) is 0 Å². The van der Waals surface area contributed by atoms with Gasteiger partial charge in [-0.2, -0.15) is 4.99 Å². The van der Waals surface area contributed by atoms with Crippen LogP contribution in [0.3, 0.4) is 0 Å². The van der Waals surface area contributed by atoms with Crippen molar-refractivity contribution in [3.63, 3.8) is 0 Å². The molecule has 3 fully saturated rings. The predicted molar refractivity (Wildman–Crippen MR) is 135 cm³/mol. The van der Waals surface area contributed by atoms with Crippen LogP contribution in [0, 0.1) is 5.92 Å². The van der Waals surface area contributed by atoms with Crippen molar-refractivity contribution in [3.8, 4) is 0 Å². The molecule has 1 aromatic rings. The molecule has 1 spiro atoms.